The smallest absolute Gasteiger partial charge is 0.193 e. The van der Waals surface area contributed by atoms with E-state index in [4.69, 9.17) is 9.47 Å². The highest BCUT2D eigenvalue weighted by molar-refractivity contribution is 14.0. The molecule has 1 spiro atoms. The average molecular weight is 466 g/mol. The van der Waals surface area contributed by atoms with Gasteiger partial charge in [-0.25, -0.2) is 0 Å². The second kappa shape index (κ2) is 9.71. The molecule has 146 valence electrons. The molecule has 0 aromatic heterocycles. The van der Waals surface area contributed by atoms with Crippen LogP contribution in [0.3, 0.4) is 0 Å². The molecule has 7 heteroatoms. The molecule has 1 N–H and O–H groups in total. The fourth-order valence-corrected chi connectivity index (χ4v) is 4.31. The van der Waals surface area contributed by atoms with E-state index in [0.717, 1.165) is 65.1 Å². The molecule has 6 nitrogen and oxygen atoms in total. The summed E-state index contributed by atoms with van der Waals surface area (Å²) in [4.78, 5) is 9.53. The van der Waals surface area contributed by atoms with E-state index in [9.17, 15) is 0 Å². The first-order valence-electron chi connectivity index (χ1n) is 9.49. The van der Waals surface area contributed by atoms with Crippen molar-refractivity contribution in [3.8, 4) is 0 Å². The zero-order valence-corrected chi connectivity index (χ0v) is 18.3. The van der Waals surface area contributed by atoms with E-state index in [1.165, 1.54) is 12.8 Å². The van der Waals surface area contributed by atoms with Crippen molar-refractivity contribution in [3.63, 3.8) is 0 Å². The van der Waals surface area contributed by atoms with E-state index in [-0.39, 0.29) is 24.0 Å². The van der Waals surface area contributed by atoms with Crippen LogP contribution < -0.4 is 5.32 Å². The summed E-state index contributed by atoms with van der Waals surface area (Å²) in [5.41, 5.74) is 0.374. The molecule has 0 amide bonds. The number of halogens is 1. The molecular weight excluding hydrogens is 431 g/mol. The van der Waals surface area contributed by atoms with Crippen molar-refractivity contribution in [2.75, 3.05) is 66.2 Å². The Kier molecular flexibility index (Phi) is 8.23. The lowest BCUT2D eigenvalue weighted by atomic mass is 9.87. The number of morpholine rings is 1. The summed E-state index contributed by atoms with van der Waals surface area (Å²) in [6.07, 6.45) is 2.42. The predicted molar refractivity (Wildman–Crippen MR) is 112 cm³/mol. The molecular formula is C18H35IN4O2. The first-order chi connectivity index (χ1) is 11.6. The molecule has 3 heterocycles. The van der Waals surface area contributed by atoms with Gasteiger partial charge in [0.05, 0.1) is 19.8 Å². The molecule has 25 heavy (non-hydrogen) atoms. The molecule has 3 fully saturated rings. The zero-order valence-electron chi connectivity index (χ0n) is 16.0. The Morgan fingerprint density at radius 1 is 1.12 bits per heavy atom. The van der Waals surface area contributed by atoms with Gasteiger partial charge in [0, 0.05) is 57.8 Å². The minimum Gasteiger partial charge on any atom is -0.381 e. The lowest BCUT2D eigenvalue weighted by Crippen LogP contribution is -2.53. The number of nitrogens with one attached hydrogen (secondary N) is 1. The molecule has 0 aromatic carbocycles. The van der Waals surface area contributed by atoms with Gasteiger partial charge in [-0.1, -0.05) is 13.8 Å². The van der Waals surface area contributed by atoms with Crippen LogP contribution in [-0.4, -0.2) is 88.0 Å². The van der Waals surface area contributed by atoms with Crippen LogP contribution in [0.5, 0.6) is 0 Å². The molecule has 0 bridgehead atoms. The lowest BCUT2D eigenvalue weighted by Gasteiger charge is -2.37. The summed E-state index contributed by atoms with van der Waals surface area (Å²) in [7, 11) is 1.90. The average Bonchev–Trinajstić information content (AvgIpc) is 3.22. The second-order valence-electron chi connectivity index (χ2n) is 7.86. The Hall–Kier alpha value is -0.120. The van der Waals surface area contributed by atoms with Crippen LogP contribution in [0.15, 0.2) is 4.99 Å². The maximum Gasteiger partial charge on any atom is 0.193 e. The van der Waals surface area contributed by atoms with Gasteiger partial charge in [0.2, 0.25) is 0 Å². The minimum absolute atomic E-state index is 0. The number of guanidine groups is 1. The van der Waals surface area contributed by atoms with E-state index < -0.39 is 0 Å². The summed E-state index contributed by atoms with van der Waals surface area (Å²) < 4.78 is 11.2. The number of rotatable bonds is 4. The van der Waals surface area contributed by atoms with Crippen LogP contribution in [0.25, 0.3) is 0 Å². The number of ether oxygens (including phenoxy) is 2. The summed E-state index contributed by atoms with van der Waals surface area (Å²) in [6, 6.07) is 0.525. The third kappa shape index (κ3) is 5.20. The molecule has 0 radical (unpaired) electrons. The second-order valence-corrected chi connectivity index (χ2v) is 7.86. The van der Waals surface area contributed by atoms with Gasteiger partial charge in [-0.2, -0.15) is 0 Å². The normalized spacial score (nSPS) is 29.3. The number of hydrogen-bond acceptors (Lipinski definition) is 4. The fourth-order valence-electron chi connectivity index (χ4n) is 4.31. The van der Waals surface area contributed by atoms with Crippen LogP contribution in [-0.2, 0) is 9.47 Å². The molecule has 3 aliphatic rings. The molecule has 2 atom stereocenters. The molecule has 3 saturated heterocycles. The van der Waals surface area contributed by atoms with Crippen LogP contribution in [0.2, 0.25) is 0 Å². The number of nitrogens with zero attached hydrogens (tertiary/aromatic N) is 3. The molecule has 0 aliphatic carbocycles. The van der Waals surface area contributed by atoms with Crippen molar-refractivity contribution in [1.82, 2.24) is 15.1 Å². The van der Waals surface area contributed by atoms with Gasteiger partial charge in [0.15, 0.2) is 5.96 Å². The molecule has 3 rings (SSSR count). The van der Waals surface area contributed by atoms with E-state index in [1.54, 1.807) is 0 Å². The molecule has 0 saturated carbocycles. The number of likely N-dealkylation sites (tertiary alicyclic amines) is 1. The number of aliphatic imine (C=N–C) groups is 1. The zero-order chi connectivity index (χ0) is 17.0. The van der Waals surface area contributed by atoms with Crippen molar-refractivity contribution in [2.24, 2.45) is 16.3 Å². The van der Waals surface area contributed by atoms with Crippen molar-refractivity contribution < 1.29 is 9.47 Å². The van der Waals surface area contributed by atoms with Crippen molar-refractivity contribution >= 4 is 29.9 Å². The first-order valence-corrected chi connectivity index (χ1v) is 9.49. The maximum atomic E-state index is 5.65. The van der Waals surface area contributed by atoms with E-state index in [2.05, 4.69) is 34.0 Å². The summed E-state index contributed by atoms with van der Waals surface area (Å²) in [5, 5.41) is 3.65. The Balaban J connectivity index is 0.00000225. The minimum atomic E-state index is 0. The van der Waals surface area contributed by atoms with Gasteiger partial charge < -0.3 is 19.7 Å². The molecule has 3 aliphatic heterocycles. The Morgan fingerprint density at radius 2 is 1.88 bits per heavy atom. The van der Waals surface area contributed by atoms with E-state index in [0.29, 0.717) is 17.4 Å². The van der Waals surface area contributed by atoms with Gasteiger partial charge >= 0.3 is 0 Å². The monoisotopic (exact) mass is 466 g/mol. The Morgan fingerprint density at radius 3 is 2.48 bits per heavy atom. The van der Waals surface area contributed by atoms with E-state index >= 15 is 0 Å². The quantitative estimate of drug-likeness (QED) is 0.388. The SMILES string of the molecule is CN=C(NCC(C(C)C)N1CCOCC1)N1CCC2(CCOC2)C1.I. The van der Waals surface area contributed by atoms with Gasteiger partial charge in [-0.15, -0.1) is 24.0 Å². The van der Waals surface area contributed by atoms with Crippen LogP contribution >= 0.6 is 24.0 Å². The van der Waals surface area contributed by atoms with Crippen LogP contribution in [0.1, 0.15) is 26.7 Å². The highest BCUT2D eigenvalue weighted by Gasteiger charge is 2.42. The van der Waals surface area contributed by atoms with Crippen LogP contribution in [0, 0.1) is 11.3 Å². The number of hydrogen-bond donors (Lipinski definition) is 1. The fraction of sp³-hybridized carbons (Fsp3) is 0.944. The third-order valence-corrected chi connectivity index (χ3v) is 5.89. The largest absolute Gasteiger partial charge is 0.381 e. The Bertz CT molecular complexity index is 435. The van der Waals surface area contributed by atoms with Crippen LogP contribution in [0.4, 0.5) is 0 Å². The highest BCUT2D eigenvalue weighted by atomic mass is 127. The van der Waals surface area contributed by atoms with E-state index in [1.807, 2.05) is 7.05 Å². The molecule has 2 unspecified atom stereocenters. The summed E-state index contributed by atoms with van der Waals surface area (Å²) in [6.45, 7) is 13.4. The first kappa shape index (κ1) is 21.2. The maximum absolute atomic E-state index is 5.65. The van der Waals surface area contributed by atoms with Crippen molar-refractivity contribution in [3.05, 3.63) is 0 Å². The standard InChI is InChI=1S/C18H34N4O2.HI/c1-15(2)16(21-7-10-23-11-8-21)12-20-17(19-3)22-6-4-18(13-22)5-9-24-14-18;/h15-16H,4-14H2,1-3H3,(H,19,20);1H. The predicted octanol–water partition coefficient (Wildman–Crippen LogP) is 1.65. The summed E-state index contributed by atoms with van der Waals surface area (Å²) in [5.74, 6) is 1.67. The van der Waals surface area contributed by atoms with Crippen molar-refractivity contribution in [1.29, 1.82) is 0 Å². The van der Waals surface area contributed by atoms with Gasteiger partial charge in [0.1, 0.15) is 0 Å². The highest BCUT2D eigenvalue weighted by Crippen LogP contribution is 2.38. The third-order valence-electron chi connectivity index (χ3n) is 5.89. The van der Waals surface area contributed by atoms with Gasteiger partial charge in [-0.05, 0) is 18.8 Å². The Labute approximate surface area is 169 Å². The van der Waals surface area contributed by atoms with Gasteiger partial charge in [-0.3, -0.25) is 9.89 Å². The van der Waals surface area contributed by atoms with Crippen molar-refractivity contribution in [2.45, 2.75) is 32.7 Å². The van der Waals surface area contributed by atoms with Gasteiger partial charge in [0.25, 0.3) is 0 Å². The lowest BCUT2D eigenvalue weighted by molar-refractivity contribution is 0.00741. The topological polar surface area (TPSA) is 49.3 Å². The molecule has 0 aromatic rings. The summed E-state index contributed by atoms with van der Waals surface area (Å²) >= 11 is 0.